The van der Waals surface area contributed by atoms with E-state index in [9.17, 15) is 0 Å². The van der Waals surface area contributed by atoms with Crippen LogP contribution in [0.1, 0.15) is 46.2 Å². The van der Waals surface area contributed by atoms with E-state index in [1.807, 2.05) is 24.3 Å². The number of nitrogens with zero attached hydrogens (tertiary/aromatic N) is 4. The molecule has 0 atom stereocenters. The molecule has 4 aromatic rings. The Morgan fingerprint density at radius 1 is 0.500 bits per heavy atom. The van der Waals surface area contributed by atoms with Crippen LogP contribution in [0.5, 0.6) is 0 Å². The second kappa shape index (κ2) is 8.13. The fraction of sp³-hybridized carbons (Fsp3) is 0.167. The molecular weight excluding hydrogens is 415 g/mol. The minimum Gasteiger partial charge on any atom is -0.227 e. The molecule has 30 heavy (non-hydrogen) atoms. The van der Waals surface area contributed by atoms with Gasteiger partial charge in [0.1, 0.15) is 0 Å². The fourth-order valence-corrected chi connectivity index (χ4v) is 5.04. The number of halogens is 2. The Bertz CT molecular complexity index is 1050. The summed E-state index contributed by atoms with van der Waals surface area (Å²) in [6, 6.07) is 24.9. The van der Waals surface area contributed by atoms with Gasteiger partial charge in [0.25, 0.3) is 0 Å². The van der Waals surface area contributed by atoms with Crippen LogP contribution in [0.15, 0.2) is 85.2 Å². The Balaban J connectivity index is 1.69. The minimum atomic E-state index is 0.133. The van der Waals surface area contributed by atoms with Crippen LogP contribution in [0, 0.1) is 0 Å². The van der Waals surface area contributed by atoms with Gasteiger partial charge in [0.05, 0.1) is 0 Å². The first kappa shape index (κ1) is 19.2. The molecule has 1 fully saturated rings. The summed E-state index contributed by atoms with van der Waals surface area (Å²) in [5.41, 5.74) is 4.36. The average Bonchev–Trinajstić information content (AvgIpc) is 2.75. The summed E-state index contributed by atoms with van der Waals surface area (Å²) in [7, 11) is 0. The highest BCUT2D eigenvalue weighted by Gasteiger charge is 2.54. The van der Waals surface area contributed by atoms with Gasteiger partial charge in [0.2, 0.25) is 10.6 Å². The Morgan fingerprint density at radius 2 is 0.900 bits per heavy atom. The molecule has 0 aliphatic heterocycles. The van der Waals surface area contributed by atoms with Gasteiger partial charge in [-0.2, -0.15) is 0 Å². The molecule has 0 spiro atoms. The third kappa shape index (κ3) is 3.47. The van der Waals surface area contributed by atoms with E-state index in [4.69, 9.17) is 23.2 Å². The van der Waals surface area contributed by atoms with Crippen LogP contribution in [0.2, 0.25) is 10.6 Å². The summed E-state index contributed by atoms with van der Waals surface area (Å²) in [5, 5.41) is 0.527. The maximum atomic E-state index is 6.17. The van der Waals surface area contributed by atoms with Gasteiger partial charge in [-0.3, -0.25) is 0 Å². The van der Waals surface area contributed by atoms with Crippen molar-refractivity contribution in [3.8, 4) is 0 Å². The maximum absolute atomic E-state index is 6.17. The van der Waals surface area contributed by atoms with Gasteiger partial charge >= 0.3 is 0 Å². The standard InChI is InChI=1S/C24H18Cl2N4/c25-23-27-13-11-17(29-23)21-19(15-7-3-1-4-8-15)22(18-12-14-28-24(26)30-18)20(21)16-9-5-2-6-10-16/h1-14,19-22H/t19-,20-,21-,22-. The molecule has 0 unspecified atom stereocenters. The molecule has 0 amide bonds. The van der Waals surface area contributed by atoms with E-state index in [-0.39, 0.29) is 34.2 Å². The van der Waals surface area contributed by atoms with Gasteiger partial charge in [-0.1, -0.05) is 60.7 Å². The third-order valence-corrected chi connectivity index (χ3v) is 6.26. The van der Waals surface area contributed by atoms with Gasteiger partial charge in [-0.05, 0) is 46.5 Å². The van der Waals surface area contributed by atoms with Crippen molar-refractivity contribution < 1.29 is 0 Å². The molecule has 2 aromatic carbocycles. The molecule has 1 aliphatic rings. The van der Waals surface area contributed by atoms with Crippen LogP contribution < -0.4 is 0 Å². The number of rotatable bonds is 4. The van der Waals surface area contributed by atoms with E-state index in [0.29, 0.717) is 0 Å². The molecule has 0 saturated heterocycles. The summed E-state index contributed by atoms with van der Waals surface area (Å²) in [6.45, 7) is 0. The molecule has 4 nitrogen and oxygen atoms in total. The first-order valence-corrected chi connectivity index (χ1v) is 10.5. The Hall–Kier alpha value is -2.82. The van der Waals surface area contributed by atoms with Crippen LogP contribution in [-0.2, 0) is 0 Å². The maximum Gasteiger partial charge on any atom is 0.222 e. The Labute approximate surface area is 185 Å². The van der Waals surface area contributed by atoms with Gasteiger partial charge in [0.15, 0.2) is 0 Å². The zero-order valence-corrected chi connectivity index (χ0v) is 17.4. The fourth-order valence-electron chi connectivity index (χ4n) is 4.73. The predicted molar refractivity (Wildman–Crippen MR) is 118 cm³/mol. The zero-order valence-electron chi connectivity index (χ0n) is 15.9. The van der Waals surface area contributed by atoms with Crippen molar-refractivity contribution >= 4 is 23.2 Å². The van der Waals surface area contributed by atoms with Crippen LogP contribution in [0.3, 0.4) is 0 Å². The van der Waals surface area contributed by atoms with Crippen LogP contribution >= 0.6 is 23.2 Å². The quantitative estimate of drug-likeness (QED) is 0.369. The molecule has 148 valence electrons. The summed E-state index contributed by atoms with van der Waals surface area (Å²) in [6.07, 6.45) is 3.45. The van der Waals surface area contributed by atoms with E-state index >= 15 is 0 Å². The van der Waals surface area contributed by atoms with Crippen LogP contribution in [-0.4, -0.2) is 19.9 Å². The van der Waals surface area contributed by atoms with E-state index in [1.54, 1.807) is 12.4 Å². The lowest BCUT2D eigenvalue weighted by Gasteiger charge is -2.52. The number of benzene rings is 2. The summed E-state index contributed by atoms with van der Waals surface area (Å²) in [4.78, 5) is 17.3. The molecule has 6 heteroatoms. The smallest absolute Gasteiger partial charge is 0.222 e. The largest absolute Gasteiger partial charge is 0.227 e. The van der Waals surface area contributed by atoms with Gasteiger partial charge in [0, 0.05) is 47.5 Å². The SMILES string of the molecule is Clc1nccc([C@H]2[C@H](c3ccccc3)[C@H](c3ccnc(Cl)n3)[C@H]2c2ccccc2)n1. The topological polar surface area (TPSA) is 51.6 Å². The lowest BCUT2D eigenvalue weighted by molar-refractivity contribution is 0.220. The first-order valence-electron chi connectivity index (χ1n) is 9.79. The molecule has 0 N–H and O–H groups in total. The summed E-state index contributed by atoms with van der Waals surface area (Å²) < 4.78 is 0. The first-order chi connectivity index (χ1) is 14.7. The van der Waals surface area contributed by atoms with Crippen molar-refractivity contribution in [1.29, 1.82) is 0 Å². The Morgan fingerprint density at radius 3 is 1.27 bits per heavy atom. The Kier molecular flexibility index (Phi) is 5.19. The van der Waals surface area contributed by atoms with Crippen molar-refractivity contribution in [3.05, 3.63) is 118 Å². The molecule has 1 aliphatic carbocycles. The third-order valence-electron chi connectivity index (χ3n) is 5.90. The molecule has 5 rings (SSSR count). The van der Waals surface area contributed by atoms with Crippen molar-refractivity contribution in [2.24, 2.45) is 0 Å². The monoisotopic (exact) mass is 432 g/mol. The normalized spacial score (nSPS) is 23.0. The summed E-state index contributed by atoms with van der Waals surface area (Å²) in [5.74, 6) is 0.616. The number of hydrogen-bond donors (Lipinski definition) is 0. The number of hydrogen-bond acceptors (Lipinski definition) is 4. The molecule has 2 heterocycles. The lowest BCUT2D eigenvalue weighted by atomic mass is 9.50. The van der Waals surface area contributed by atoms with Crippen LogP contribution in [0.4, 0.5) is 0 Å². The molecule has 0 radical (unpaired) electrons. The molecule has 2 aromatic heterocycles. The lowest BCUT2D eigenvalue weighted by Crippen LogP contribution is -2.41. The van der Waals surface area contributed by atoms with E-state index in [1.165, 1.54) is 11.1 Å². The van der Waals surface area contributed by atoms with E-state index in [0.717, 1.165) is 11.4 Å². The van der Waals surface area contributed by atoms with Crippen molar-refractivity contribution in [1.82, 2.24) is 19.9 Å². The van der Waals surface area contributed by atoms with Crippen molar-refractivity contribution in [2.75, 3.05) is 0 Å². The highest BCUT2D eigenvalue weighted by atomic mass is 35.5. The summed E-state index contributed by atoms with van der Waals surface area (Å²) >= 11 is 12.3. The van der Waals surface area contributed by atoms with Gasteiger partial charge in [-0.25, -0.2) is 19.9 Å². The highest BCUT2D eigenvalue weighted by Crippen LogP contribution is 2.65. The molecule has 0 bridgehead atoms. The van der Waals surface area contributed by atoms with E-state index in [2.05, 4.69) is 68.5 Å². The highest BCUT2D eigenvalue weighted by molar-refractivity contribution is 6.28. The molecular formula is C24H18Cl2N4. The van der Waals surface area contributed by atoms with E-state index < -0.39 is 0 Å². The van der Waals surface area contributed by atoms with Gasteiger partial charge < -0.3 is 0 Å². The number of aromatic nitrogens is 4. The molecule has 1 saturated carbocycles. The van der Waals surface area contributed by atoms with Gasteiger partial charge in [-0.15, -0.1) is 0 Å². The van der Waals surface area contributed by atoms with Crippen LogP contribution in [0.25, 0.3) is 0 Å². The second-order valence-corrected chi connectivity index (χ2v) is 8.10. The second-order valence-electron chi connectivity index (χ2n) is 7.43. The average molecular weight is 433 g/mol. The predicted octanol–water partition coefficient (Wildman–Crippen LogP) is 6.02. The van der Waals surface area contributed by atoms with Crippen molar-refractivity contribution in [2.45, 2.75) is 23.7 Å². The van der Waals surface area contributed by atoms with Crippen molar-refractivity contribution in [3.63, 3.8) is 0 Å². The zero-order chi connectivity index (χ0) is 20.5. The minimum absolute atomic E-state index is 0.133.